The average molecular weight is 452 g/mol. The van der Waals surface area contributed by atoms with Crippen molar-refractivity contribution in [3.8, 4) is 22.8 Å². The maximum Gasteiger partial charge on any atom is 0.250 e. The fourth-order valence-electron chi connectivity index (χ4n) is 3.56. The van der Waals surface area contributed by atoms with Gasteiger partial charge in [0, 0.05) is 48.6 Å². The number of hydrogen-bond acceptors (Lipinski definition) is 4. The van der Waals surface area contributed by atoms with Gasteiger partial charge in [-0.3, -0.25) is 4.79 Å². The van der Waals surface area contributed by atoms with Gasteiger partial charge in [-0.2, -0.15) is 0 Å². The lowest BCUT2D eigenvalue weighted by atomic mass is 10.1. The first-order valence-corrected chi connectivity index (χ1v) is 12.8. The Morgan fingerprint density at radius 3 is 2.48 bits per heavy atom. The largest absolute Gasteiger partial charge is 0.438 e. The summed E-state index contributed by atoms with van der Waals surface area (Å²) < 4.78 is 50.2. The smallest absolute Gasteiger partial charge is 0.250 e. The van der Waals surface area contributed by atoms with Crippen LogP contribution in [0, 0.1) is 0 Å². The molecule has 9 heteroatoms. The maximum atomic E-state index is 14.2. The summed E-state index contributed by atoms with van der Waals surface area (Å²) in [6, 6.07) is 11.5. The van der Waals surface area contributed by atoms with Crippen LogP contribution in [-0.2, 0) is 0 Å². The number of nitrogens with one attached hydrogen (secondary N) is 1. The third-order valence-electron chi connectivity index (χ3n) is 5.22. The van der Waals surface area contributed by atoms with E-state index in [1.54, 1.807) is 35.2 Å². The first-order chi connectivity index (χ1) is 14.4. The highest BCUT2D eigenvalue weighted by Gasteiger charge is 2.53. The Morgan fingerprint density at radius 1 is 1.10 bits per heavy atom. The highest BCUT2D eigenvalue weighted by Crippen LogP contribution is 2.94. The second-order valence-electron chi connectivity index (χ2n) is 8.39. The van der Waals surface area contributed by atoms with Crippen molar-refractivity contribution >= 4 is 9.45 Å². The van der Waals surface area contributed by atoms with E-state index in [1.807, 2.05) is 0 Å². The normalized spacial score (nSPS) is 18.9. The molecule has 1 atom stereocenters. The molecule has 1 saturated heterocycles. The van der Waals surface area contributed by atoms with Gasteiger partial charge in [-0.1, -0.05) is 0 Å². The van der Waals surface area contributed by atoms with Gasteiger partial charge in [-0.15, -0.1) is 11.7 Å². The lowest BCUT2D eigenvalue weighted by Crippen LogP contribution is -2.25. The molecule has 31 heavy (non-hydrogen) atoms. The number of ether oxygens (including phenoxy) is 1. The van der Waals surface area contributed by atoms with Crippen LogP contribution in [0.2, 0.25) is 0 Å². The molecule has 3 aromatic rings. The monoisotopic (exact) mass is 451 g/mol. The molecule has 0 spiro atoms. The van der Waals surface area contributed by atoms with Crippen molar-refractivity contribution in [2.75, 3.05) is 25.6 Å². The van der Waals surface area contributed by atoms with E-state index in [1.165, 1.54) is 18.2 Å². The van der Waals surface area contributed by atoms with E-state index >= 15 is 0 Å². The summed E-state index contributed by atoms with van der Waals surface area (Å²) in [6.07, 6.45) is 4.89. The van der Waals surface area contributed by atoms with Gasteiger partial charge < -0.3 is 14.6 Å². The van der Waals surface area contributed by atoms with Gasteiger partial charge in [-0.25, -0.2) is 4.98 Å². The predicted molar refractivity (Wildman–Crippen MR) is 118 cm³/mol. The zero-order chi connectivity index (χ0) is 22.3. The van der Waals surface area contributed by atoms with Crippen LogP contribution in [0.1, 0.15) is 12.5 Å². The topological polar surface area (TPSA) is 56.1 Å². The van der Waals surface area contributed by atoms with E-state index in [0.717, 1.165) is 37.2 Å². The van der Waals surface area contributed by atoms with Gasteiger partial charge in [0.05, 0.1) is 20.4 Å². The molecule has 1 fully saturated rings. The van der Waals surface area contributed by atoms with Crippen molar-refractivity contribution in [2.24, 2.45) is 0 Å². The molecule has 1 aromatic carbocycles. The molecule has 3 heterocycles. The molecule has 166 valence electrons. The van der Waals surface area contributed by atoms with Gasteiger partial charge in [-0.05, 0) is 55.4 Å². The molecule has 1 aliphatic heterocycles. The van der Waals surface area contributed by atoms with Gasteiger partial charge in [0.15, 0.2) is 0 Å². The Morgan fingerprint density at radius 2 is 1.84 bits per heavy atom. The van der Waals surface area contributed by atoms with E-state index < -0.39 is 14.3 Å². The number of pyridine rings is 2. The number of nitrogens with zero attached hydrogens (tertiary/aromatic N) is 2. The SMILES string of the molecule is CS(C)(F)(F)(F)c1ccc(Oc2ncccc2-c2ccc(=O)n(C3CCNC3)c2)cc1. The van der Waals surface area contributed by atoms with E-state index in [0.29, 0.717) is 18.1 Å². The number of aromatic nitrogens is 2. The summed E-state index contributed by atoms with van der Waals surface area (Å²) >= 11 is 0. The number of rotatable bonds is 5. The van der Waals surface area contributed by atoms with Gasteiger partial charge >= 0.3 is 0 Å². The Labute approximate surface area is 178 Å². The third kappa shape index (κ3) is 4.77. The molecule has 5 nitrogen and oxygen atoms in total. The molecule has 0 amide bonds. The highest BCUT2D eigenvalue weighted by molar-refractivity contribution is 8.52. The molecule has 0 bridgehead atoms. The van der Waals surface area contributed by atoms with Crippen LogP contribution in [0.15, 0.2) is 70.6 Å². The number of hydrogen-bond donors (Lipinski definition) is 1. The molecule has 4 rings (SSSR count). The molecule has 1 aliphatic rings. The molecule has 1 unspecified atom stereocenters. The fraction of sp³-hybridized carbons (Fsp3) is 0.273. The third-order valence-corrected chi connectivity index (χ3v) is 6.97. The number of halogens is 3. The summed E-state index contributed by atoms with van der Waals surface area (Å²) in [5.74, 6) is 0.503. The van der Waals surface area contributed by atoms with Gasteiger partial charge in [0.25, 0.3) is 5.56 Å². The molecule has 0 saturated carbocycles. The van der Waals surface area contributed by atoms with Crippen LogP contribution >= 0.6 is 9.45 Å². The minimum absolute atomic E-state index is 0.0784. The molecule has 1 N–H and O–H groups in total. The standard InChI is InChI=1S/C22H24F3N3O2S/c1-31(2,23,24,25)19-8-6-18(7-9-19)30-22-20(4-3-12-27-22)16-5-10-21(29)28(15-16)17-11-13-26-14-17/h3-10,12,15,17,26H,11,13-14H2,1-2H3. The maximum absolute atomic E-state index is 14.2. The number of benzene rings is 1. The molecule has 0 radical (unpaired) electrons. The van der Waals surface area contributed by atoms with E-state index in [2.05, 4.69) is 10.3 Å². The summed E-state index contributed by atoms with van der Waals surface area (Å²) in [5, 5.41) is 3.25. The van der Waals surface area contributed by atoms with Crippen LogP contribution in [0.5, 0.6) is 11.6 Å². The van der Waals surface area contributed by atoms with Crippen molar-refractivity contribution in [3.63, 3.8) is 0 Å². The molecular weight excluding hydrogens is 427 g/mol. The van der Waals surface area contributed by atoms with Crippen LogP contribution in [0.4, 0.5) is 11.7 Å². The van der Waals surface area contributed by atoms with Crippen LogP contribution in [0.25, 0.3) is 11.1 Å². The minimum atomic E-state index is -6.76. The lowest BCUT2D eigenvalue weighted by molar-refractivity contribution is 0.464. The summed E-state index contributed by atoms with van der Waals surface area (Å²) in [5.41, 5.74) is 1.30. The van der Waals surface area contributed by atoms with Crippen molar-refractivity contribution in [1.82, 2.24) is 14.9 Å². The van der Waals surface area contributed by atoms with E-state index in [9.17, 15) is 16.5 Å². The lowest BCUT2D eigenvalue weighted by Gasteiger charge is -2.51. The van der Waals surface area contributed by atoms with Crippen LogP contribution in [0.3, 0.4) is 0 Å². The van der Waals surface area contributed by atoms with Gasteiger partial charge in [0.1, 0.15) is 5.75 Å². The fourth-order valence-corrected chi connectivity index (χ4v) is 4.55. The van der Waals surface area contributed by atoms with Crippen LogP contribution in [-0.4, -0.2) is 35.2 Å². The first-order valence-electron chi connectivity index (χ1n) is 9.82. The zero-order valence-corrected chi connectivity index (χ0v) is 18.0. The summed E-state index contributed by atoms with van der Waals surface area (Å²) in [6.45, 7) is 1.58. The van der Waals surface area contributed by atoms with Crippen molar-refractivity contribution < 1.29 is 16.4 Å². The van der Waals surface area contributed by atoms with E-state index in [-0.39, 0.29) is 23.2 Å². The van der Waals surface area contributed by atoms with Crippen molar-refractivity contribution in [1.29, 1.82) is 0 Å². The molecular formula is C22H24F3N3O2S. The highest BCUT2D eigenvalue weighted by atomic mass is 32.4. The Hall–Kier alpha value is -2.78. The minimum Gasteiger partial charge on any atom is -0.438 e. The average Bonchev–Trinajstić information content (AvgIpc) is 3.22. The molecule has 2 aromatic heterocycles. The van der Waals surface area contributed by atoms with Crippen LogP contribution < -0.4 is 15.6 Å². The predicted octanol–water partition coefficient (Wildman–Crippen LogP) is 5.39. The first kappa shape index (κ1) is 21.5. The molecule has 0 aliphatic carbocycles. The second kappa shape index (κ2) is 6.86. The quantitative estimate of drug-likeness (QED) is 0.566. The Balaban J connectivity index is 1.66. The summed E-state index contributed by atoms with van der Waals surface area (Å²) in [7, 11) is -6.76. The zero-order valence-electron chi connectivity index (χ0n) is 17.2. The van der Waals surface area contributed by atoms with Crippen molar-refractivity contribution in [2.45, 2.75) is 17.4 Å². The Bertz CT molecular complexity index is 1170. The van der Waals surface area contributed by atoms with Gasteiger partial charge in [0.2, 0.25) is 5.88 Å². The summed E-state index contributed by atoms with van der Waals surface area (Å²) in [4.78, 5) is 15.9. The Kier molecular flexibility index (Phi) is 4.75. The van der Waals surface area contributed by atoms with Crippen molar-refractivity contribution in [3.05, 3.63) is 71.3 Å². The second-order valence-corrected chi connectivity index (χ2v) is 13.2. The van der Waals surface area contributed by atoms with E-state index in [4.69, 9.17) is 4.74 Å².